The summed E-state index contributed by atoms with van der Waals surface area (Å²) in [6.07, 6.45) is 0. The number of ether oxygens (including phenoxy) is 1. The van der Waals surface area contributed by atoms with Gasteiger partial charge in [0, 0.05) is 6.07 Å². The van der Waals surface area contributed by atoms with Crippen LogP contribution in [0.2, 0.25) is 0 Å². The molecule has 0 aliphatic carbocycles. The third-order valence-corrected chi connectivity index (χ3v) is 4.25. The highest BCUT2D eigenvalue weighted by atomic mass is 19.1. The van der Waals surface area contributed by atoms with Crippen LogP contribution in [0, 0.1) is 12.7 Å². The molecule has 0 radical (unpaired) electrons. The normalized spacial score (nSPS) is 11.0. The summed E-state index contributed by atoms with van der Waals surface area (Å²) in [6.45, 7) is 2.31. The number of H-pyrrole nitrogens is 1. The molecule has 0 bridgehead atoms. The lowest BCUT2D eigenvalue weighted by molar-refractivity contribution is 0.308. The predicted molar refractivity (Wildman–Crippen MR) is 97.0 cm³/mol. The first-order valence-electron chi connectivity index (χ1n) is 8.06. The van der Waals surface area contributed by atoms with Crippen molar-refractivity contribution in [3.8, 4) is 16.9 Å². The minimum Gasteiger partial charge on any atom is -0.486 e. The van der Waals surface area contributed by atoms with Gasteiger partial charge >= 0.3 is 0 Å². The SMILES string of the molecule is Cc1c(COc2cc(N)nc3[nH]nnc23)cccc1-c1cccc(F)c1. The number of anilines is 1. The second-order valence-corrected chi connectivity index (χ2v) is 5.94. The van der Waals surface area contributed by atoms with Crippen molar-refractivity contribution >= 4 is 17.0 Å². The first-order chi connectivity index (χ1) is 12.6. The Morgan fingerprint density at radius 2 is 2.00 bits per heavy atom. The predicted octanol–water partition coefficient (Wildman–Crippen LogP) is 3.63. The topological polar surface area (TPSA) is 89.7 Å². The van der Waals surface area contributed by atoms with E-state index in [-0.39, 0.29) is 5.82 Å². The molecule has 130 valence electrons. The Kier molecular flexibility index (Phi) is 3.96. The second kappa shape index (κ2) is 6.44. The van der Waals surface area contributed by atoms with E-state index in [9.17, 15) is 4.39 Å². The van der Waals surface area contributed by atoms with Crippen LogP contribution in [0.1, 0.15) is 11.1 Å². The zero-order valence-electron chi connectivity index (χ0n) is 14.0. The van der Waals surface area contributed by atoms with Gasteiger partial charge in [0.2, 0.25) is 0 Å². The molecule has 0 saturated carbocycles. The number of nitrogens with zero attached hydrogens (tertiary/aromatic N) is 3. The number of nitrogens with one attached hydrogen (secondary N) is 1. The summed E-state index contributed by atoms with van der Waals surface area (Å²) in [5, 5.41) is 10.4. The number of hydrogen-bond acceptors (Lipinski definition) is 5. The summed E-state index contributed by atoms with van der Waals surface area (Å²) < 4.78 is 19.5. The van der Waals surface area contributed by atoms with Crippen molar-refractivity contribution < 1.29 is 9.13 Å². The minimum absolute atomic E-state index is 0.260. The Morgan fingerprint density at radius 1 is 1.15 bits per heavy atom. The molecule has 0 atom stereocenters. The average Bonchev–Trinajstić information content (AvgIpc) is 3.09. The summed E-state index contributed by atoms with van der Waals surface area (Å²) in [5.41, 5.74) is 10.6. The third kappa shape index (κ3) is 2.95. The van der Waals surface area contributed by atoms with E-state index in [2.05, 4.69) is 20.4 Å². The number of rotatable bonds is 4. The second-order valence-electron chi connectivity index (χ2n) is 5.94. The molecule has 0 amide bonds. The standard InChI is InChI=1S/C19H16FN5O/c1-11-13(5-3-7-15(11)12-4-2-6-14(20)8-12)10-26-16-9-17(21)22-19-18(16)23-25-24-19/h2-9H,10H2,1H3,(H3,21,22,23,24,25). The van der Waals surface area contributed by atoms with Crippen LogP contribution in [0.4, 0.5) is 10.2 Å². The highest BCUT2D eigenvalue weighted by molar-refractivity contribution is 5.79. The molecule has 26 heavy (non-hydrogen) atoms. The van der Waals surface area contributed by atoms with Gasteiger partial charge in [-0.15, -0.1) is 5.10 Å². The van der Waals surface area contributed by atoms with Gasteiger partial charge in [-0.25, -0.2) is 14.5 Å². The van der Waals surface area contributed by atoms with E-state index in [1.54, 1.807) is 12.1 Å². The molecule has 6 nitrogen and oxygen atoms in total. The maximum atomic E-state index is 13.6. The summed E-state index contributed by atoms with van der Waals surface area (Å²) in [5.74, 6) is 0.574. The van der Waals surface area contributed by atoms with Gasteiger partial charge in [0.1, 0.15) is 18.2 Å². The van der Waals surface area contributed by atoms with Crippen LogP contribution < -0.4 is 10.5 Å². The minimum atomic E-state index is -0.260. The molecule has 3 N–H and O–H groups in total. The molecule has 7 heteroatoms. The Morgan fingerprint density at radius 3 is 2.85 bits per heavy atom. The molecule has 2 aromatic heterocycles. The Balaban J connectivity index is 1.65. The lowest BCUT2D eigenvalue weighted by atomic mass is 9.97. The van der Waals surface area contributed by atoms with E-state index in [0.29, 0.717) is 29.3 Å². The number of halogens is 1. The van der Waals surface area contributed by atoms with E-state index in [1.165, 1.54) is 12.1 Å². The molecule has 2 heterocycles. The maximum Gasteiger partial charge on any atom is 0.181 e. The highest BCUT2D eigenvalue weighted by Gasteiger charge is 2.12. The first-order valence-corrected chi connectivity index (χ1v) is 8.06. The molecule has 0 aliphatic heterocycles. The molecular formula is C19H16FN5O. The van der Waals surface area contributed by atoms with Crippen LogP contribution in [-0.2, 0) is 6.61 Å². The van der Waals surface area contributed by atoms with Gasteiger partial charge in [-0.3, -0.25) is 0 Å². The van der Waals surface area contributed by atoms with Crippen molar-refractivity contribution in [2.75, 3.05) is 5.73 Å². The Labute approximate surface area is 148 Å². The monoisotopic (exact) mass is 349 g/mol. The average molecular weight is 349 g/mol. The van der Waals surface area contributed by atoms with Crippen molar-refractivity contribution in [1.82, 2.24) is 20.4 Å². The van der Waals surface area contributed by atoms with Gasteiger partial charge in [0.25, 0.3) is 0 Å². The number of hydrogen-bond donors (Lipinski definition) is 2. The van der Waals surface area contributed by atoms with E-state index < -0.39 is 0 Å². The van der Waals surface area contributed by atoms with Gasteiger partial charge in [0.15, 0.2) is 16.9 Å². The van der Waals surface area contributed by atoms with Crippen LogP contribution in [0.5, 0.6) is 5.75 Å². The number of pyridine rings is 1. The zero-order valence-corrected chi connectivity index (χ0v) is 14.0. The molecule has 4 rings (SSSR count). The van der Waals surface area contributed by atoms with Crippen LogP contribution in [0.25, 0.3) is 22.3 Å². The van der Waals surface area contributed by atoms with E-state index >= 15 is 0 Å². The lowest BCUT2D eigenvalue weighted by Gasteiger charge is -2.13. The molecule has 0 fully saturated rings. The van der Waals surface area contributed by atoms with Crippen molar-refractivity contribution in [3.63, 3.8) is 0 Å². The molecule has 2 aromatic carbocycles. The third-order valence-electron chi connectivity index (χ3n) is 4.25. The summed E-state index contributed by atoms with van der Waals surface area (Å²) >= 11 is 0. The van der Waals surface area contributed by atoms with Crippen LogP contribution in [-0.4, -0.2) is 20.4 Å². The van der Waals surface area contributed by atoms with Crippen LogP contribution in [0.15, 0.2) is 48.5 Å². The van der Waals surface area contributed by atoms with E-state index in [1.807, 2.05) is 31.2 Å². The molecule has 4 aromatic rings. The summed E-state index contributed by atoms with van der Waals surface area (Å²) in [7, 11) is 0. The molecule has 0 saturated heterocycles. The number of benzene rings is 2. The number of fused-ring (bicyclic) bond motifs is 1. The largest absolute Gasteiger partial charge is 0.486 e. The molecule has 0 spiro atoms. The van der Waals surface area contributed by atoms with Gasteiger partial charge in [-0.05, 0) is 41.3 Å². The number of aromatic amines is 1. The molecular weight excluding hydrogens is 333 g/mol. The van der Waals surface area contributed by atoms with Crippen molar-refractivity contribution in [1.29, 1.82) is 0 Å². The van der Waals surface area contributed by atoms with Crippen molar-refractivity contribution in [2.24, 2.45) is 0 Å². The van der Waals surface area contributed by atoms with Gasteiger partial charge in [-0.2, -0.15) is 0 Å². The first kappa shape index (κ1) is 16.0. The smallest absolute Gasteiger partial charge is 0.181 e. The van der Waals surface area contributed by atoms with Crippen molar-refractivity contribution in [3.05, 3.63) is 65.5 Å². The fraction of sp³-hybridized carbons (Fsp3) is 0.105. The van der Waals surface area contributed by atoms with E-state index in [4.69, 9.17) is 10.5 Å². The number of nitrogens with two attached hydrogens (primary N) is 1. The zero-order chi connectivity index (χ0) is 18.1. The Bertz CT molecular complexity index is 1090. The van der Waals surface area contributed by atoms with Crippen LogP contribution >= 0.6 is 0 Å². The van der Waals surface area contributed by atoms with Gasteiger partial charge in [0.05, 0.1) is 0 Å². The molecule has 0 unspecified atom stereocenters. The van der Waals surface area contributed by atoms with E-state index in [0.717, 1.165) is 22.3 Å². The maximum absolute atomic E-state index is 13.6. The van der Waals surface area contributed by atoms with Crippen molar-refractivity contribution in [2.45, 2.75) is 13.5 Å². The molecule has 0 aliphatic rings. The lowest BCUT2D eigenvalue weighted by Crippen LogP contribution is -2.01. The quantitative estimate of drug-likeness (QED) is 0.587. The Hall–Kier alpha value is -3.48. The van der Waals surface area contributed by atoms with Gasteiger partial charge < -0.3 is 10.5 Å². The highest BCUT2D eigenvalue weighted by Crippen LogP contribution is 2.28. The fourth-order valence-corrected chi connectivity index (χ4v) is 2.90. The number of nitrogen functional groups attached to an aromatic ring is 1. The van der Waals surface area contributed by atoms with Crippen LogP contribution in [0.3, 0.4) is 0 Å². The fourth-order valence-electron chi connectivity index (χ4n) is 2.90. The number of aromatic nitrogens is 4. The summed E-state index contributed by atoms with van der Waals surface area (Å²) in [6, 6.07) is 14.0. The van der Waals surface area contributed by atoms with Gasteiger partial charge in [-0.1, -0.05) is 35.5 Å². The summed E-state index contributed by atoms with van der Waals surface area (Å²) in [4.78, 5) is 4.11.